The van der Waals surface area contributed by atoms with Crippen LogP contribution in [0.1, 0.15) is 21.6 Å². The first kappa shape index (κ1) is 18.9. The Balaban J connectivity index is 1.45. The van der Waals surface area contributed by atoms with E-state index in [1.807, 2.05) is 25.1 Å². The van der Waals surface area contributed by atoms with Gasteiger partial charge in [-0.3, -0.25) is 19.3 Å². The van der Waals surface area contributed by atoms with Crippen molar-refractivity contribution in [2.24, 2.45) is 0 Å². The molecule has 0 atom stereocenters. The van der Waals surface area contributed by atoms with Crippen LogP contribution in [0.4, 0.5) is 10.5 Å². The Kier molecular flexibility index (Phi) is 5.13. The lowest BCUT2D eigenvalue weighted by Gasteiger charge is -2.13. The minimum absolute atomic E-state index is 0.183. The first-order valence-electron chi connectivity index (χ1n) is 8.86. The van der Waals surface area contributed by atoms with Gasteiger partial charge in [0.1, 0.15) is 0 Å². The molecule has 0 spiro atoms. The summed E-state index contributed by atoms with van der Waals surface area (Å²) < 4.78 is 1.61. The van der Waals surface area contributed by atoms with E-state index in [-0.39, 0.29) is 29.4 Å². The van der Waals surface area contributed by atoms with Gasteiger partial charge in [0.2, 0.25) is 5.91 Å². The molecule has 0 aliphatic carbocycles. The number of pyridine rings is 1. The third-order valence-electron chi connectivity index (χ3n) is 4.51. The first-order valence-corrected chi connectivity index (χ1v) is 9.85. The van der Waals surface area contributed by atoms with Crippen LogP contribution >= 0.6 is 11.8 Å². The molecule has 1 N–H and O–H groups in total. The van der Waals surface area contributed by atoms with Gasteiger partial charge in [-0.25, -0.2) is 9.67 Å². The number of amides is 3. The van der Waals surface area contributed by atoms with Gasteiger partial charge in [-0.2, -0.15) is 5.10 Å². The van der Waals surface area contributed by atoms with Crippen LogP contribution in [0.15, 0.2) is 54.9 Å². The third-order valence-corrected chi connectivity index (χ3v) is 5.37. The summed E-state index contributed by atoms with van der Waals surface area (Å²) in [4.78, 5) is 41.5. The average Bonchev–Trinajstić information content (AvgIpc) is 3.27. The van der Waals surface area contributed by atoms with Gasteiger partial charge in [0.15, 0.2) is 5.82 Å². The Morgan fingerprint density at radius 1 is 1.17 bits per heavy atom. The molecule has 29 heavy (non-hydrogen) atoms. The van der Waals surface area contributed by atoms with E-state index < -0.39 is 0 Å². The second kappa shape index (κ2) is 7.88. The summed E-state index contributed by atoms with van der Waals surface area (Å²) in [6.07, 6.45) is 3.18. The predicted octanol–water partition coefficient (Wildman–Crippen LogP) is 3.02. The molecule has 4 rings (SSSR count). The highest BCUT2D eigenvalue weighted by molar-refractivity contribution is 8.14. The zero-order chi connectivity index (χ0) is 20.4. The average molecular weight is 407 g/mol. The maximum absolute atomic E-state index is 12.6. The van der Waals surface area contributed by atoms with Crippen molar-refractivity contribution in [3.8, 4) is 5.82 Å². The summed E-state index contributed by atoms with van der Waals surface area (Å²) >= 11 is 1.01. The zero-order valence-corrected chi connectivity index (χ0v) is 16.3. The van der Waals surface area contributed by atoms with Gasteiger partial charge in [0, 0.05) is 11.9 Å². The molecule has 146 valence electrons. The number of nitrogens with one attached hydrogen (secondary N) is 1. The van der Waals surface area contributed by atoms with Crippen molar-refractivity contribution in [2.75, 3.05) is 11.1 Å². The molecule has 1 fully saturated rings. The van der Waals surface area contributed by atoms with Crippen LogP contribution in [-0.4, -0.2) is 42.5 Å². The molecule has 2 aromatic heterocycles. The molecular formula is C20H17N5O3S. The second-order valence-corrected chi connectivity index (χ2v) is 7.36. The minimum Gasteiger partial charge on any atom is -0.322 e. The lowest BCUT2D eigenvalue weighted by atomic mass is 10.2. The number of anilines is 1. The van der Waals surface area contributed by atoms with Crippen LogP contribution in [0.5, 0.6) is 0 Å². The smallest absolute Gasteiger partial charge is 0.289 e. The maximum atomic E-state index is 12.6. The summed E-state index contributed by atoms with van der Waals surface area (Å²) in [6.45, 7) is 2.04. The van der Waals surface area contributed by atoms with E-state index in [9.17, 15) is 14.4 Å². The van der Waals surface area contributed by atoms with E-state index in [1.54, 1.807) is 35.1 Å². The van der Waals surface area contributed by atoms with E-state index in [1.165, 1.54) is 11.1 Å². The van der Waals surface area contributed by atoms with Crippen LogP contribution in [0.3, 0.4) is 0 Å². The molecule has 3 aromatic rings. The van der Waals surface area contributed by atoms with Crippen LogP contribution in [-0.2, 0) is 11.3 Å². The maximum Gasteiger partial charge on any atom is 0.289 e. The fraction of sp³-hybridized carbons (Fsp3) is 0.150. The normalized spacial score (nSPS) is 13.8. The Bertz CT molecular complexity index is 1060. The fourth-order valence-corrected chi connectivity index (χ4v) is 3.68. The van der Waals surface area contributed by atoms with Crippen LogP contribution < -0.4 is 5.32 Å². The van der Waals surface area contributed by atoms with Gasteiger partial charge in [0.25, 0.3) is 11.1 Å². The summed E-state index contributed by atoms with van der Waals surface area (Å²) in [5.41, 5.74) is 2.55. The molecule has 1 aliphatic heterocycles. The molecule has 1 saturated heterocycles. The van der Waals surface area contributed by atoms with Crippen LogP contribution in [0.25, 0.3) is 5.82 Å². The number of rotatable bonds is 5. The van der Waals surface area contributed by atoms with E-state index in [0.29, 0.717) is 22.8 Å². The minimum atomic E-state index is -0.279. The van der Waals surface area contributed by atoms with Gasteiger partial charge in [-0.15, -0.1) is 0 Å². The highest BCUT2D eigenvalue weighted by atomic mass is 32.2. The van der Waals surface area contributed by atoms with Crippen molar-refractivity contribution >= 4 is 34.5 Å². The largest absolute Gasteiger partial charge is 0.322 e. The van der Waals surface area contributed by atoms with E-state index in [0.717, 1.165) is 17.3 Å². The Morgan fingerprint density at radius 2 is 1.97 bits per heavy atom. The molecular weight excluding hydrogens is 390 g/mol. The summed E-state index contributed by atoms with van der Waals surface area (Å²) in [7, 11) is 0. The van der Waals surface area contributed by atoms with Gasteiger partial charge in [-0.1, -0.05) is 30.0 Å². The summed E-state index contributed by atoms with van der Waals surface area (Å²) in [5.74, 6) is 0.368. The zero-order valence-electron chi connectivity index (χ0n) is 15.5. The number of aromatic nitrogens is 3. The standard InChI is InChI=1S/C20H17N5O3S/c1-13-16(10-22-25(13)17-4-2-3-9-21-17)19(27)23-15-7-5-14(6-8-15)11-24-18(26)12-29-20(24)28/h2-10H,11-12H2,1H3,(H,23,27). The highest BCUT2D eigenvalue weighted by Gasteiger charge is 2.29. The number of thioether (sulfide) groups is 1. The van der Waals surface area contributed by atoms with Gasteiger partial charge >= 0.3 is 0 Å². The number of carbonyl (C=O) groups excluding carboxylic acids is 3. The fourth-order valence-electron chi connectivity index (χ4n) is 2.95. The molecule has 8 nitrogen and oxygen atoms in total. The Hall–Kier alpha value is -3.46. The number of imide groups is 1. The number of hydrogen-bond donors (Lipinski definition) is 1. The van der Waals surface area contributed by atoms with Crippen molar-refractivity contribution < 1.29 is 14.4 Å². The van der Waals surface area contributed by atoms with Crippen LogP contribution in [0, 0.1) is 6.92 Å². The Labute approximate surface area is 170 Å². The topological polar surface area (TPSA) is 97.2 Å². The lowest BCUT2D eigenvalue weighted by Crippen LogP contribution is -2.27. The predicted molar refractivity (Wildman–Crippen MR) is 109 cm³/mol. The van der Waals surface area contributed by atoms with Gasteiger partial charge in [-0.05, 0) is 36.8 Å². The SMILES string of the molecule is Cc1c(C(=O)Nc2ccc(CN3C(=O)CSC3=O)cc2)cnn1-c1ccccn1. The molecule has 0 bridgehead atoms. The molecule has 1 aromatic carbocycles. The number of benzene rings is 1. The van der Waals surface area contributed by atoms with Gasteiger partial charge in [0.05, 0.1) is 29.8 Å². The third kappa shape index (κ3) is 3.90. The number of nitrogens with zero attached hydrogens (tertiary/aromatic N) is 4. The molecule has 3 amide bonds. The molecule has 0 radical (unpaired) electrons. The highest BCUT2D eigenvalue weighted by Crippen LogP contribution is 2.22. The van der Waals surface area contributed by atoms with Crippen LogP contribution in [0.2, 0.25) is 0 Å². The van der Waals surface area contributed by atoms with E-state index >= 15 is 0 Å². The number of hydrogen-bond acceptors (Lipinski definition) is 6. The Morgan fingerprint density at radius 3 is 2.62 bits per heavy atom. The summed E-state index contributed by atoms with van der Waals surface area (Å²) in [6, 6.07) is 12.5. The van der Waals surface area contributed by atoms with Crippen molar-refractivity contribution in [1.29, 1.82) is 0 Å². The molecule has 0 saturated carbocycles. The van der Waals surface area contributed by atoms with Crippen molar-refractivity contribution in [2.45, 2.75) is 13.5 Å². The van der Waals surface area contributed by atoms with Crippen molar-refractivity contribution in [1.82, 2.24) is 19.7 Å². The lowest BCUT2D eigenvalue weighted by molar-refractivity contribution is -0.125. The monoisotopic (exact) mass is 407 g/mol. The first-order chi connectivity index (χ1) is 14.0. The second-order valence-electron chi connectivity index (χ2n) is 6.43. The van der Waals surface area contributed by atoms with E-state index in [4.69, 9.17) is 0 Å². The molecule has 9 heteroatoms. The van der Waals surface area contributed by atoms with Crippen molar-refractivity contribution in [3.05, 3.63) is 71.7 Å². The van der Waals surface area contributed by atoms with Crippen molar-refractivity contribution in [3.63, 3.8) is 0 Å². The molecule has 0 unspecified atom stereocenters. The quantitative estimate of drug-likeness (QED) is 0.698. The summed E-state index contributed by atoms with van der Waals surface area (Å²) in [5, 5.41) is 6.87. The number of carbonyl (C=O) groups is 3. The van der Waals surface area contributed by atoms with E-state index in [2.05, 4.69) is 15.4 Å². The molecule has 3 heterocycles. The molecule has 1 aliphatic rings. The van der Waals surface area contributed by atoms with Gasteiger partial charge < -0.3 is 5.32 Å².